The van der Waals surface area contributed by atoms with Crippen LogP contribution in [0.5, 0.6) is 0 Å². The van der Waals surface area contributed by atoms with Crippen LogP contribution in [0.2, 0.25) is 0 Å². The molecule has 40 valence electrons. The van der Waals surface area contributed by atoms with E-state index in [0.717, 1.165) is 0 Å². The molecule has 0 aromatic rings. The van der Waals surface area contributed by atoms with Crippen molar-refractivity contribution in [2.24, 2.45) is 0 Å². The average molecular weight is 115 g/mol. The molecule has 1 heteroatoms. The molecule has 7 heavy (non-hydrogen) atoms. The summed E-state index contributed by atoms with van der Waals surface area (Å²) in [6, 6.07) is 0. The summed E-state index contributed by atoms with van der Waals surface area (Å²) in [5.74, 6) is 0. The quantitative estimate of drug-likeness (QED) is 0.459. The first kappa shape index (κ1) is 5.31. The van der Waals surface area contributed by atoms with E-state index in [-0.39, 0.29) is 0 Å². The van der Waals surface area contributed by atoms with Crippen LogP contribution in [0.25, 0.3) is 0 Å². The zero-order valence-corrected chi connectivity index (χ0v) is 6.13. The molecule has 0 nitrogen and oxygen atoms in total. The van der Waals surface area contributed by atoms with E-state index in [0.29, 0.717) is 0 Å². The number of allylic oxidation sites excluding steroid dienone is 2. The van der Waals surface area contributed by atoms with Crippen LogP contribution in [0, 0.1) is 0 Å². The van der Waals surface area contributed by atoms with Gasteiger partial charge in [-0.1, -0.05) is 0 Å². The third-order valence-electron chi connectivity index (χ3n) is 1.25. The second kappa shape index (κ2) is 1.32. The lowest BCUT2D eigenvalue weighted by molar-refractivity contribution is 1.65. The molecule has 0 aliphatic heterocycles. The van der Waals surface area contributed by atoms with Gasteiger partial charge in [-0.3, -0.25) is 0 Å². The Kier molecular flexibility index (Phi) is 1.00. The normalized spacial score (nSPS) is 19.0. The molecular formula is C6H12P+. The van der Waals surface area contributed by atoms with Gasteiger partial charge in [0.2, 0.25) is 0 Å². The molecule has 0 radical (unpaired) electrons. The third kappa shape index (κ3) is 1.28. The van der Waals surface area contributed by atoms with Crippen molar-refractivity contribution in [3.8, 4) is 0 Å². The molecule has 0 amide bonds. The van der Waals surface area contributed by atoms with Gasteiger partial charge in [0.25, 0.3) is 0 Å². The summed E-state index contributed by atoms with van der Waals surface area (Å²) in [7, 11) is -0.515. The number of hydrogen-bond donors (Lipinski definition) is 0. The molecule has 1 aliphatic carbocycles. The van der Waals surface area contributed by atoms with Crippen molar-refractivity contribution >= 4 is 7.26 Å². The second-order valence-electron chi connectivity index (χ2n) is 2.91. The van der Waals surface area contributed by atoms with Crippen molar-refractivity contribution < 1.29 is 0 Å². The Balaban J connectivity index is 2.53. The lowest BCUT2D eigenvalue weighted by atomic mass is 10.9. The van der Waals surface area contributed by atoms with Crippen molar-refractivity contribution in [3.05, 3.63) is 11.4 Å². The van der Waals surface area contributed by atoms with Gasteiger partial charge in [0, 0.05) is 13.7 Å². The maximum absolute atomic E-state index is 2.37. The first-order chi connectivity index (χ1) is 3.11. The second-order valence-corrected chi connectivity index (χ2v) is 7.51. The van der Waals surface area contributed by atoms with Gasteiger partial charge in [-0.25, -0.2) is 0 Å². The highest BCUT2D eigenvalue weighted by atomic mass is 31.2. The molecule has 1 aliphatic rings. The summed E-state index contributed by atoms with van der Waals surface area (Å²) in [6.07, 6.45) is 3.66. The summed E-state index contributed by atoms with van der Waals surface area (Å²) in [4.78, 5) is 0. The third-order valence-corrected chi connectivity index (χ3v) is 3.34. The molecule has 0 heterocycles. The molecule has 0 spiro atoms. The highest BCUT2D eigenvalue weighted by Crippen LogP contribution is 2.62. The van der Waals surface area contributed by atoms with Crippen molar-refractivity contribution in [2.75, 3.05) is 20.0 Å². The van der Waals surface area contributed by atoms with Gasteiger partial charge in [-0.05, 0) is 6.08 Å². The van der Waals surface area contributed by atoms with Crippen molar-refractivity contribution in [1.82, 2.24) is 0 Å². The van der Waals surface area contributed by atoms with Gasteiger partial charge >= 0.3 is 0 Å². The average Bonchev–Trinajstić information content (AvgIpc) is 1.99. The minimum absolute atomic E-state index is 0.515. The fourth-order valence-corrected chi connectivity index (χ4v) is 1.78. The number of hydrogen-bond acceptors (Lipinski definition) is 0. The monoisotopic (exact) mass is 115 g/mol. The van der Waals surface area contributed by atoms with E-state index in [1.54, 1.807) is 5.31 Å². The topological polar surface area (TPSA) is 0 Å². The van der Waals surface area contributed by atoms with Gasteiger partial charge in [0.05, 0.1) is 25.3 Å². The minimum atomic E-state index is -0.515. The van der Waals surface area contributed by atoms with E-state index in [1.807, 2.05) is 0 Å². The van der Waals surface area contributed by atoms with E-state index in [1.165, 1.54) is 6.42 Å². The van der Waals surface area contributed by atoms with Crippen LogP contribution in [0.1, 0.15) is 6.42 Å². The van der Waals surface area contributed by atoms with E-state index >= 15 is 0 Å². The molecule has 1 rings (SSSR count). The molecule has 0 atom stereocenters. The summed E-state index contributed by atoms with van der Waals surface area (Å²) >= 11 is 0. The Hall–Kier alpha value is 0.170. The summed E-state index contributed by atoms with van der Waals surface area (Å²) in [6.45, 7) is 7.10. The molecule has 0 fully saturated rings. The van der Waals surface area contributed by atoms with Gasteiger partial charge in [0.1, 0.15) is 0 Å². The molecule has 0 saturated carbocycles. The van der Waals surface area contributed by atoms with Crippen LogP contribution in [0.15, 0.2) is 11.4 Å². The maximum Gasteiger partial charge on any atom is 0.0710 e. The van der Waals surface area contributed by atoms with E-state index in [4.69, 9.17) is 0 Å². The van der Waals surface area contributed by atoms with Crippen molar-refractivity contribution in [2.45, 2.75) is 6.42 Å². The number of rotatable bonds is 1. The molecule has 0 bridgehead atoms. The lowest BCUT2D eigenvalue weighted by Gasteiger charge is -2.03. The summed E-state index contributed by atoms with van der Waals surface area (Å²) < 4.78 is 0. The van der Waals surface area contributed by atoms with Gasteiger partial charge in [-0.15, -0.1) is 0 Å². The first-order valence-corrected chi connectivity index (χ1v) is 5.75. The highest BCUT2D eigenvalue weighted by Gasteiger charge is 2.30. The Morgan fingerprint density at radius 1 is 1.43 bits per heavy atom. The Morgan fingerprint density at radius 3 is 1.86 bits per heavy atom. The van der Waals surface area contributed by atoms with Gasteiger partial charge < -0.3 is 0 Å². The predicted octanol–water partition coefficient (Wildman–Crippen LogP) is 2.18. The Bertz CT molecular complexity index is 106. The first-order valence-electron chi connectivity index (χ1n) is 2.62. The minimum Gasteiger partial charge on any atom is -0.0384 e. The molecular weight excluding hydrogens is 103 g/mol. The molecule has 0 N–H and O–H groups in total. The smallest absolute Gasteiger partial charge is 0.0384 e. The van der Waals surface area contributed by atoms with E-state index < -0.39 is 7.26 Å². The zero-order valence-electron chi connectivity index (χ0n) is 5.23. The fourth-order valence-electron chi connectivity index (χ4n) is 0.593. The SMILES string of the molecule is C[P+](C)(C)C1=CC1. The highest BCUT2D eigenvalue weighted by molar-refractivity contribution is 7.78. The van der Waals surface area contributed by atoms with Crippen LogP contribution in [0.3, 0.4) is 0 Å². The van der Waals surface area contributed by atoms with Crippen LogP contribution < -0.4 is 0 Å². The maximum atomic E-state index is 2.37. The molecule has 0 aromatic carbocycles. The largest absolute Gasteiger partial charge is 0.0710 e. The standard InChI is InChI=1S/C6H12P/c1-7(2,3)6-4-5-6/h4H,5H2,1-3H3/q+1. The van der Waals surface area contributed by atoms with E-state index in [9.17, 15) is 0 Å². The summed E-state index contributed by atoms with van der Waals surface area (Å²) in [5, 5.41) is 1.73. The fraction of sp³-hybridized carbons (Fsp3) is 0.667. The summed E-state index contributed by atoms with van der Waals surface area (Å²) in [5.41, 5.74) is 0. The van der Waals surface area contributed by atoms with Crippen molar-refractivity contribution in [3.63, 3.8) is 0 Å². The van der Waals surface area contributed by atoms with Crippen LogP contribution in [0.4, 0.5) is 0 Å². The molecule has 0 saturated heterocycles. The van der Waals surface area contributed by atoms with Crippen molar-refractivity contribution in [1.29, 1.82) is 0 Å². The Labute approximate surface area is 46.0 Å². The van der Waals surface area contributed by atoms with Gasteiger partial charge in [-0.2, -0.15) is 0 Å². The zero-order chi connectivity index (χ0) is 5.49. The van der Waals surface area contributed by atoms with E-state index in [2.05, 4.69) is 26.1 Å². The van der Waals surface area contributed by atoms with Gasteiger partial charge in [0.15, 0.2) is 0 Å². The molecule has 0 unspecified atom stereocenters. The van der Waals surface area contributed by atoms with Crippen LogP contribution in [-0.2, 0) is 0 Å². The van der Waals surface area contributed by atoms with Crippen LogP contribution in [-0.4, -0.2) is 20.0 Å². The predicted molar refractivity (Wildman–Crippen MR) is 37.4 cm³/mol. The van der Waals surface area contributed by atoms with Crippen LogP contribution >= 0.6 is 7.26 Å². The lowest BCUT2D eigenvalue weighted by Crippen LogP contribution is -1.77. The Morgan fingerprint density at radius 2 is 1.86 bits per heavy atom. The molecule has 0 aromatic heterocycles.